The summed E-state index contributed by atoms with van der Waals surface area (Å²) < 4.78 is 36.1. The first-order valence-corrected chi connectivity index (χ1v) is 13.3. The number of carbonyl (C=O) groups is 2. The van der Waals surface area contributed by atoms with Gasteiger partial charge < -0.3 is 29.3 Å². The van der Waals surface area contributed by atoms with Crippen molar-refractivity contribution >= 4 is 19.6 Å². The molecule has 0 saturated carbocycles. The van der Waals surface area contributed by atoms with Crippen LogP contribution in [0.15, 0.2) is 60.1 Å². The lowest BCUT2D eigenvalue weighted by atomic mass is 9.92. The first-order valence-electron chi connectivity index (χ1n) is 11.7. The normalized spacial score (nSPS) is 27.3. The Hall–Kier alpha value is -3.38. The maximum absolute atomic E-state index is 13.7. The Balaban J connectivity index is 1.83. The lowest BCUT2D eigenvalue weighted by Crippen LogP contribution is -2.52. The minimum atomic E-state index is -4.25. The smallest absolute Gasteiger partial charge is 0.459 e. The van der Waals surface area contributed by atoms with Gasteiger partial charge in [-0.15, -0.1) is 0 Å². The van der Waals surface area contributed by atoms with Crippen LogP contribution in [0.2, 0.25) is 0 Å². The monoisotopic (exact) mass is 550 g/mol. The van der Waals surface area contributed by atoms with Crippen molar-refractivity contribution in [1.29, 1.82) is 0 Å². The molecule has 0 spiro atoms. The SMILES string of the molecule is C=C1NC(=O)C=CN1[C@@H]1O[C@H](CO[P@](=O)(N[C@@H](C)C(=O)OC(C)C)Oc2ccccc2)[C@@H](O)[C@@]1(C)N=[N+]=[N-]. The molecule has 3 rings (SSSR count). The number of amides is 1. The third-order valence-electron chi connectivity index (χ3n) is 5.67. The Morgan fingerprint density at radius 1 is 1.39 bits per heavy atom. The van der Waals surface area contributed by atoms with Crippen molar-refractivity contribution in [3.63, 3.8) is 0 Å². The van der Waals surface area contributed by atoms with Crippen LogP contribution in [0, 0.1) is 0 Å². The number of nitrogens with one attached hydrogen (secondary N) is 2. The van der Waals surface area contributed by atoms with Crippen molar-refractivity contribution < 1.29 is 37.8 Å². The number of rotatable bonds is 11. The van der Waals surface area contributed by atoms with Gasteiger partial charge in [0.05, 0.1) is 18.8 Å². The van der Waals surface area contributed by atoms with E-state index in [1.165, 1.54) is 31.0 Å². The van der Waals surface area contributed by atoms with Gasteiger partial charge in [-0.05, 0) is 45.4 Å². The molecule has 206 valence electrons. The highest BCUT2D eigenvalue weighted by Gasteiger charge is 2.56. The number of nitrogens with zero attached hydrogens (tertiary/aromatic N) is 4. The fourth-order valence-electron chi connectivity index (χ4n) is 3.79. The molecule has 0 bridgehead atoms. The Morgan fingerprint density at radius 3 is 2.68 bits per heavy atom. The van der Waals surface area contributed by atoms with Gasteiger partial charge in [0.2, 0.25) is 0 Å². The summed E-state index contributed by atoms with van der Waals surface area (Å²) in [4.78, 5) is 28.2. The molecule has 6 atom stereocenters. The summed E-state index contributed by atoms with van der Waals surface area (Å²) in [6, 6.07) is 7.08. The number of hydrogen-bond donors (Lipinski definition) is 3. The molecule has 0 unspecified atom stereocenters. The second-order valence-electron chi connectivity index (χ2n) is 9.08. The molecule has 15 heteroatoms. The van der Waals surface area contributed by atoms with E-state index in [1.807, 2.05) is 0 Å². The van der Waals surface area contributed by atoms with E-state index in [0.29, 0.717) is 0 Å². The second kappa shape index (κ2) is 12.0. The number of esters is 1. The van der Waals surface area contributed by atoms with E-state index in [4.69, 9.17) is 18.5 Å². The first-order chi connectivity index (χ1) is 17.9. The maximum Gasteiger partial charge on any atom is 0.459 e. The van der Waals surface area contributed by atoms with Crippen LogP contribution in [-0.2, 0) is 28.2 Å². The molecular formula is C23H31N6O8P. The fraction of sp³-hybridized carbons (Fsp3) is 0.478. The summed E-state index contributed by atoms with van der Waals surface area (Å²) in [6.07, 6.45) is -1.51. The van der Waals surface area contributed by atoms with Crippen LogP contribution in [0.3, 0.4) is 0 Å². The lowest BCUT2D eigenvalue weighted by molar-refractivity contribution is -0.149. The molecule has 0 aliphatic carbocycles. The summed E-state index contributed by atoms with van der Waals surface area (Å²) in [6.45, 7) is 9.52. The topological polar surface area (TPSA) is 184 Å². The van der Waals surface area contributed by atoms with Crippen molar-refractivity contribution in [2.75, 3.05) is 6.61 Å². The highest BCUT2D eigenvalue weighted by Crippen LogP contribution is 2.47. The highest BCUT2D eigenvalue weighted by atomic mass is 31.2. The summed E-state index contributed by atoms with van der Waals surface area (Å²) in [7, 11) is -4.25. The first kappa shape index (κ1) is 29.2. The average Bonchev–Trinajstić information content (AvgIpc) is 3.08. The predicted octanol–water partition coefficient (Wildman–Crippen LogP) is 2.69. The van der Waals surface area contributed by atoms with Crippen LogP contribution >= 0.6 is 7.75 Å². The van der Waals surface area contributed by atoms with Crippen molar-refractivity contribution in [3.8, 4) is 5.75 Å². The van der Waals surface area contributed by atoms with Crippen LogP contribution in [0.25, 0.3) is 10.4 Å². The third kappa shape index (κ3) is 6.73. The minimum Gasteiger partial charge on any atom is -0.462 e. The number of carbonyl (C=O) groups excluding carboxylic acids is 2. The Labute approximate surface area is 219 Å². The van der Waals surface area contributed by atoms with Gasteiger partial charge in [-0.3, -0.25) is 14.1 Å². The van der Waals surface area contributed by atoms with Crippen molar-refractivity contribution in [2.45, 2.75) is 63.8 Å². The van der Waals surface area contributed by atoms with Crippen LogP contribution in [0.4, 0.5) is 0 Å². The van der Waals surface area contributed by atoms with E-state index in [0.717, 1.165) is 0 Å². The quantitative estimate of drug-likeness (QED) is 0.122. The number of azide groups is 1. The van der Waals surface area contributed by atoms with Crippen molar-refractivity contribution in [1.82, 2.24) is 15.3 Å². The summed E-state index contributed by atoms with van der Waals surface area (Å²) in [5, 5.41) is 19.9. The fourth-order valence-corrected chi connectivity index (χ4v) is 5.30. The van der Waals surface area contributed by atoms with Crippen LogP contribution in [-0.4, -0.2) is 64.6 Å². The number of para-hydroxylation sites is 1. The Morgan fingerprint density at radius 2 is 2.08 bits per heavy atom. The number of aliphatic hydroxyl groups is 1. The third-order valence-corrected chi connectivity index (χ3v) is 7.31. The lowest BCUT2D eigenvalue weighted by Gasteiger charge is -2.37. The van der Waals surface area contributed by atoms with E-state index in [2.05, 4.69) is 27.0 Å². The summed E-state index contributed by atoms with van der Waals surface area (Å²) >= 11 is 0. The largest absolute Gasteiger partial charge is 0.462 e. The van der Waals surface area contributed by atoms with Gasteiger partial charge in [0, 0.05) is 17.2 Å². The number of hydrogen-bond acceptors (Lipinski definition) is 10. The second-order valence-corrected chi connectivity index (χ2v) is 10.8. The van der Waals surface area contributed by atoms with E-state index in [-0.39, 0.29) is 11.6 Å². The Kier molecular flexibility index (Phi) is 9.21. The van der Waals surface area contributed by atoms with E-state index < -0.39 is 62.4 Å². The molecule has 0 aromatic heterocycles. The van der Waals surface area contributed by atoms with Gasteiger partial charge in [0.1, 0.15) is 35.5 Å². The predicted molar refractivity (Wildman–Crippen MR) is 135 cm³/mol. The molecule has 1 amide bonds. The number of aliphatic hydroxyl groups excluding tert-OH is 1. The zero-order valence-electron chi connectivity index (χ0n) is 21.4. The molecule has 2 heterocycles. The molecule has 0 radical (unpaired) electrons. The van der Waals surface area contributed by atoms with E-state index in [1.54, 1.807) is 44.2 Å². The Bertz CT molecular complexity index is 1170. The van der Waals surface area contributed by atoms with Gasteiger partial charge in [-0.25, -0.2) is 4.57 Å². The average molecular weight is 551 g/mol. The minimum absolute atomic E-state index is 0.132. The molecule has 1 aromatic carbocycles. The van der Waals surface area contributed by atoms with E-state index in [9.17, 15) is 24.8 Å². The van der Waals surface area contributed by atoms with Gasteiger partial charge >= 0.3 is 13.7 Å². The number of ether oxygens (including phenoxy) is 2. The number of benzene rings is 1. The van der Waals surface area contributed by atoms with Crippen molar-refractivity contribution in [3.05, 3.63) is 65.5 Å². The molecule has 1 saturated heterocycles. The van der Waals surface area contributed by atoms with Gasteiger partial charge in [0.15, 0.2) is 0 Å². The van der Waals surface area contributed by atoms with Gasteiger partial charge in [0.25, 0.3) is 5.91 Å². The molecule has 38 heavy (non-hydrogen) atoms. The van der Waals surface area contributed by atoms with Crippen molar-refractivity contribution in [2.24, 2.45) is 5.11 Å². The molecule has 1 aromatic rings. The highest BCUT2D eigenvalue weighted by molar-refractivity contribution is 7.52. The molecular weight excluding hydrogens is 519 g/mol. The summed E-state index contributed by atoms with van der Waals surface area (Å²) in [5.74, 6) is -0.757. The molecule has 2 aliphatic heterocycles. The van der Waals surface area contributed by atoms with Crippen LogP contribution < -0.4 is 14.9 Å². The molecule has 1 fully saturated rings. The zero-order valence-corrected chi connectivity index (χ0v) is 22.3. The van der Waals surface area contributed by atoms with E-state index >= 15 is 0 Å². The molecule has 2 aliphatic rings. The summed E-state index contributed by atoms with van der Waals surface area (Å²) in [5.41, 5.74) is 7.60. The molecule has 14 nitrogen and oxygen atoms in total. The zero-order chi connectivity index (χ0) is 28.1. The van der Waals surface area contributed by atoms with Crippen LogP contribution in [0.5, 0.6) is 5.75 Å². The van der Waals surface area contributed by atoms with Gasteiger partial charge in [-0.2, -0.15) is 5.09 Å². The standard InChI is InChI=1S/C23H31N6O8P/c1-14(2)35-21(32)15(3)26-38(33,37-17-9-7-6-8-10-17)34-13-18-20(31)23(5,27-28-24)22(36-18)29-12-11-19(30)25-16(29)4/h6-12,14-15,18,20,22,31H,4,13H2,1-3,5H3,(H,25,30)(H,26,33)/t15-,18+,20+,22+,23+,38+/m0/s1. The van der Waals surface area contributed by atoms with Gasteiger partial charge in [-0.1, -0.05) is 29.9 Å². The maximum atomic E-state index is 13.7. The van der Waals surface area contributed by atoms with Crippen LogP contribution in [0.1, 0.15) is 27.7 Å². The molecule has 3 N–H and O–H groups in total.